The Kier molecular flexibility index (Phi) is 5.59. The van der Waals surface area contributed by atoms with Gasteiger partial charge in [0.05, 0.1) is 0 Å². The first-order valence-electron chi connectivity index (χ1n) is 4.60. The van der Waals surface area contributed by atoms with Crippen molar-refractivity contribution in [2.24, 2.45) is 0 Å². The van der Waals surface area contributed by atoms with Gasteiger partial charge in [-0.1, -0.05) is 6.92 Å². The Morgan fingerprint density at radius 3 is 2.20 bits per heavy atom. The van der Waals surface area contributed by atoms with Crippen LogP contribution in [0.25, 0.3) is 0 Å². The summed E-state index contributed by atoms with van der Waals surface area (Å²) in [5.41, 5.74) is 0. The molecule has 0 rings (SSSR count). The average molecular weight is 252 g/mol. The van der Waals surface area contributed by atoms with E-state index in [-0.39, 0.29) is 6.42 Å². The molecule has 0 N–H and O–H groups in total. The standard InChI is InChI=1S/C8H17O5PSi/c1-6-8(11-2,13-14-10)7(9)12-15(3,4)5/h6H2,1-5H3. The highest BCUT2D eigenvalue weighted by atomic mass is 31.1. The normalized spacial score (nSPS) is 16.1. The zero-order valence-electron chi connectivity index (χ0n) is 9.70. The molecule has 0 aromatic heterocycles. The molecule has 0 heterocycles. The van der Waals surface area contributed by atoms with E-state index < -0.39 is 28.8 Å². The summed E-state index contributed by atoms with van der Waals surface area (Å²) in [7, 11) is -1.29. The molecule has 0 spiro atoms. The maximum absolute atomic E-state index is 11.8. The van der Waals surface area contributed by atoms with E-state index in [4.69, 9.17) is 13.7 Å². The van der Waals surface area contributed by atoms with E-state index in [2.05, 4.69) is 0 Å². The van der Waals surface area contributed by atoms with Crippen LogP contribution in [0, 0.1) is 0 Å². The third-order valence-corrected chi connectivity index (χ3v) is 2.86. The highest BCUT2D eigenvalue weighted by Gasteiger charge is 2.42. The lowest BCUT2D eigenvalue weighted by molar-refractivity contribution is -0.199. The fourth-order valence-electron chi connectivity index (χ4n) is 0.927. The minimum atomic E-state index is -2.01. The second-order valence-electron chi connectivity index (χ2n) is 3.98. The summed E-state index contributed by atoms with van der Waals surface area (Å²) in [5.74, 6) is -2.17. The predicted molar refractivity (Wildman–Crippen MR) is 58.2 cm³/mol. The van der Waals surface area contributed by atoms with Crippen LogP contribution >= 0.6 is 8.69 Å². The highest BCUT2D eigenvalue weighted by molar-refractivity contribution is 7.17. The summed E-state index contributed by atoms with van der Waals surface area (Å²) in [5, 5.41) is 0. The molecule has 88 valence electrons. The van der Waals surface area contributed by atoms with E-state index >= 15 is 0 Å². The first-order chi connectivity index (χ1) is 6.81. The van der Waals surface area contributed by atoms with Crippen LogP contribution in [0.5, 0.6) is 0 Å². The second-order valence-corrected chi connectivity index (χ2v) is 8.74. The lowest BCUT2D eigenvalue weighted by Crippen LogP contribution is -2.46. The second kappa shape index (κ2) is 5.70. The lowest BCUT2D eigenvalue weighted by atomic mass is 10.2. The lowest BCUT2D eigenvalue weighted by Gasteiger charge is -2.29. The Labute approximate surface area is 92.5 Å². The van der Waals surface area contributed by atoms with Crippen molar-refractivity contribution in [1.82, 2.24) is 0 Å². The average Bonchev–Trinajstić information content (AvgIpc) is 2.11. The van der Waals surface area contributed by atoms with Gasteiger partial charge in [0, 0.05) is 13.5 Å². The fourth-order valence-corrected chi connectivity index (χ4v) is 2.04. The molecule has 0 aliphatic heterocycles. The van der Waals surface area contributed by atoms with E-state index in [1.54, 1.807) is 6.92 Å². The smallest absolute Gasteiger partial charge is 0.354 e. The Bertz CT molecular complexity index is 234. The summed E-state index contributed by atoms with van der Waals surface area (Å²) in [4.78, 5) is 11.8. The molecular weight excluding hydrogens is 235 g/mol. The zero-order valence-corrected chi connectivity index (χ0v) is 11.6. The van der Waals surface area contributed by atoms with Crippen molar-refractivity contribution in [3.63, 3.8) is 0 Å². The van der Waals surface area contributed by atoms with Crippen LogP contribution in [-0.2, 0) is 23.0 Å². The number of carbonyl (C=O) groups excluding carboxylic acids is 1. The van der Waals surface area contributed by atoms with Gasteiger partial charge in [-0.3, -0.25) is 0 Å². The minimum absolute atomic E-state index is 0.238. The molecular formula is C8H17O5PSi. The number of rotatable bonds is 6. The van der Waals surface area contributed by atoms with Crippen molar-refractivity contribution in [2.75, 3.05) is 7.11 Å². The van der Waals surface area contributed by atoms with Gasteiger partial charge in [-0.05, 0) is 19.6 Å². The molecule has 0 saturated heterocycles. The van der Waals surface area contributed by atoms with Crippen molar-refractivity contribution in [3.8, 4) is 0 Å². The predicted octanol–water partition coefficient (Wildman–Crippen LogP) is 2.34. The Balaban J connectivity index is 4.76. The van der Waals surface area contributed by atoms with Gasteiger partial charge in [-0.15, -0.1) is 0 Å². The molecule has 15 heavy (non-hydrogen) atoms. The molecule has 0 bridgehead atoms. The number of ether oxygens (including phenoxy) is 1. The molecule has 7 heteroatoms. The van der Waals surface area contributed by atoms with Gasteiger partial charge in [0.15, 0.2) is 0 Å². The van der Waals surface area contributed by atoms with Crippen LogP contribution in [0.1, 0.15) is 13.3 Å². The third-order valence-electron chi connectivity index (χ3n) is 1.69. The van der Waals surface area contributed by atoms with Crippen LogP contribution in [0.15, 0.2) is 0 Å². The largest absolute Gasteiger partial charge is 0.516 e. The molecule has 0 aromatic rings. The number of hydrogen-bond acceptors (Lipinski definition) is 5. The maximum atomic E-state index is 11.8. The van der Waals surface area contributed by atoms with Crippen molar-refractivity contribution in [1.29, 1.82) is 0 Å². The van der Waals surface area contributed by atoms with Crippen molar-refractivity contribution >= 4 is 23.0 Å². The summed E-state index contributed by atoms with van der Waals surface area (Å²) in [6.07, 6.45) is 0.238. The van der Waals surface area contributed by atoms with Crippen molar-refractivity contribution in [2.45, 2.75) is 38.8 Å². The molecule has 0 aromatic carbocycles. The van der Waals surface area contributed by atoms with E-state index in [0.29, 0.717) is 0 Å². The van der Waals surface area contributed by atoms with Crippen LogP contribution in [-0.4, -0.2) is 27.2 Å². The third kappa shape index (κ3) is 4.38. The number of hydrogen-bond donors (Lipinski definition) is 0. The van der Waals surface area contributed by atoms with E-state index in [1.807, 2.05) is 19.6 Å². The first-order valence-corrected chi connectivity index (χ1v) is 8.74. The molecule has 5 nitrogen and oxygen atoms in total. The topological polar surface area (TPSA) is 61.8 Å². The SMILES string of the molecule is CCC(OC)(OP=O)C(=O)O[Si](C)(C)C. The Morgan fingerprint density at radius 1 is 1.40 bits per heavy atom. The fraction of sp³-hybridized carbons (Fsp3) is 0.875. The summed E-state index contributed by atoms with van der Waals surface area (Å²) in [6.45, 7) is 7.31. The molecule has 1 atom stereocenters. The van der Waals surface area contributed by atoms with Gasteiger partial charge in [-0.2, -0.15) is 0 Å². The molecule has 0 fully saturated rings. The summed E-state index contributed by atoms with van der Waals surface area (Å²) in [6, 6.07) is 0. The quantitative estimate of drug-likeness (QED) is 0.412. The highest BCUT2D eigenvalue weighted by Crippen LogP contribution is 2.25. The molecule has 0 radical (unpaired) electrons. The number of methoxy groups -OCH3 is 1. The van der Waals surface area contributed by atoms with Gasteiger partial charge >= 0.3 is 14.7 Å². The minimum Gasteiger partial charge on any atom is -0.516 e. The first kappa shape index (κ1) is 14.7. The van der Waals surface area contributed by atoms with E-state index in [9.17, 15) is 9.36 Å². The molecule has 0 aliphatic carbocycles. The van der Waals surface area contributed by atoms with Gasteiger partial charge < -0.3 is 9.16 Å². The van der Waals surface area contributed by atoms with Crippen LogP contribution in [0.4, 0.5) is 0 Å². The Morgan fingerprint density at radius 2 is 1.93 bits per heavy atom. The van der Waals surface area contributed by atoms with E-state index in [0.717, 1.165) is 0 Å². The molecule has 0 aliphatic rings. The van der Waals surface area contributed by atoms with Crippen molar-refractivity contribution in [3.05, 3.63) is 0 Å². The van der Waals surface area contributed by atoms with E-state index in [1.165, 1.54) is 7.11 Å². The summed E-state index contributed by atoms with van der Waals surface area (Å²) < 4.78 is 25.4. The van der Waals surface area contributed by atoms with Crippen LogP contribution in [0.2, 0.25) is 19.6 Å². The van der Waals surface area contributed by atoms with Crippen LogP contribution in [0.3, 0.4) is 0 Å². The maximum Gasteiger partial charge on any atom is 0.354 e. The molecule has 0 amide bonds. The van der Waals surface area contributed by atoms with Gasteiger partial charge in [-0.25, -0.2) is 13.9 Å². The Hall–Kier alpha value is -0.293. The number of carbonyl (C=O) groups is 1. The zero-order chi connectivity index (χ0) is 12.1. The molecule has 0 saturated carbocycles. The monoisotopic (exact) mass is 252 g/mol. The van der Waals surface area contributed by atoms with Gasteiger partial charge in [0.25, 0.3) is 5.79 Å². The van der Waals surface area contributed by atoms with Crippen LogP contribution < -0.4 is 0 Å². The summed E-state index contributed by atoms with van der Waals surface area (Å²) >= 11 is 0. The molecule has 1 unspecified atom stereocenters. The van der Waals surface area contributed by atoms with Gasteiger partial charge in [0.2, 0.25) is 8.32 Å². The van der Waals surface area contributed by atoms with Gasteiger partial charge in [0.1, 0.15) is 0 Å². The van der Waals surface area contributed by atoms with Crippen molar-refractivity contribution < 1.29 is 23.0 Å².